The summed E-state index contributed by atoms with van der Waals surface area (Å²) >= 11 is 5.97. The maximum Gasteiger partial charge on any atom is 0.247 e. The van der Waals surface area contributed by atoms with Crippen LogP contribution in [0.4, 0.5) is 11.5 Å². The molecule has 6 heteroatoms. The molecule has 4 rings (SSSR count). The molecule has 1 aromatic heterocycles. The molecule has 1 N–H and O–H groups in total. The van der Waals surface area contributed by atoms with Crippen molar-refractivity contribution in [1.82, 2.24) is 9.97 Å². The summed E-state index contributed by atoms with van der Waals surface area (Å²) in [6.07, 6.45) is 8.62. The number of fused-ring (bicyclic) bond motifs is 1. The van der Waals surface area contributed by atoms with Gasteiger partial charge in [0.2, 0.25) is 11.2 Å². The van der Waals surface area contributed by atoms with E-state index in [1.807, 2.05) is 0 Å². The van der Waals surface area contributed by atoms with Gasteiger partial charge < -0.3 is 10.2 Å². The Balaban J connectivity index is 1.79. The number of carbonyl (C=O) groups is 1. The lowest BCUT2D eigenvalue weighted by molar-refractivity contribution is -0.118. The zero-order chi connectivity index (χ0) is 13.7. The molecular formula is C14H17ClN4O. The van der Waals surface area contributed by atoms with E-state index in [1.54, 1.807) is 6.20 Å². The Hall–Kier alpha value is -1.36. The van der Waals surface area contributed by atoms with Crippen LogP contribution in [0.1, 0.15) is 38.5 Å². The fraction of sp³-hybridized carbons (Fsp3) is 0.643. The summed E-state index contributed by atoms with van der Waals surface area (Å²) in [4.78, 5) is 23.1. The van der Waals surface area contributed by atoms with Crippen molar-refractivity contribution < 1.29 is 4.79 Å². The second kappa shape index (κ2) is 4.58. The van der Waals surface area contributed by atoms with Gasteiger partial charge in [-0.25, -0.2) is 4.98 Å². The Labute approximate surface area is 122 Å². The number of nitrogens with zero attached hydrogens (tertiary/aromatic N) is 3. The minimum absolute atomic E-state index is 0.0726. The van der Waals surface area contributed by atoms with Gasteiger partial charge in [-0.15, -0.1) is 0 Å². The predicted octanol–water partition coefficient (Wildman–Crippen LogP) is 2.61. The first-order valence-electron chi connectivity index (χ1n) is 7.36. The summed E-state index contributed by atoms with van der Waals surface area (Å²) in [6, 6.07) is 0.341. The summed E-state index contributed by atoms with van der Waals surface area (Å²) in [5.41, 5.74) is 0.697. The van der Waals surface area contributed by atoms with Crippen LogP contribution in [0.5, 0.6) is 0 Å². The van der Waals surface area contributed by atoms with E-state index in [9.17, 15) is 4.79 Å². The second-order valence-electron chi connectivity index (χ2n) is 5.99. The maximum atomic E-state index is 12.4. The molecule has 2 heterocycles. The fourth-order valence-corrected chi connectivity index (χ4v) is 3.67. The molecule has 3 aliphatic rings. The molecule has 1 aliphatic heterocycles. The van der Waals surface area contributed by atoms with Crippen LogP contribution in [0.3, 0.4) is 0 Å². The van der Waals surface area contributed by atoms with Crippen molar-refractivity contribution in [2.24, 2.45) is 5.92 Å². The molecule has 1 amide bonds. The number of anilines is 2. The van der Waals surface area contributed by atoms with Gasteiger partial charge in [0, 0.05) is 6.04 Å². The normalized spacial score (nSPS) is 26.6. The van der Waals surface area contributed by atoms with Crippen LogP contribution in [0.15, 0.2) is 6.20 Å². The molecule has 0 saturated heterocycles. The minimum atomic E-state index is -0.0726. The van der Waals surface area contributed by atoms with Crippen LogP contribution >= 0.6 is 11.6 Å². The molecule has 0 radical (unpaired) electrons. The lowest BCUT2D eigenvalue weighted by atomic mass is 10.0. The van der Waals surface area contributed by atoms with Crippen molar-refractivity contribution in [3.63, 3.8) is 0 Å². The highest BCUT2D eigenvalue weighted by Crippen LogP contribution is 2.44. The molecule has 0 unspecified atom stereocenters. The molecule has 0 spiro atoms. The van der Waals surface area contributed by atoms with E-state index in [0.29, 0.717) is 17.6 Å². The number of hydrogen-bond acceptors (Lipinski definition) is 4. The minimum Gasteiger partial charge on any atom is -0.339 e. The van der Waals surface area contributed by atoms with Crippen molar-refractivity contribution >= 4 is 29.0 Å². The number of amides is 1. The Bertz CT molecular complexity index is 554. The van der Waals surface area contributed by atoms with Crippen molar-refractivity contribution in [2.45, 2.75) is 50.6 Å². The van der Waals surface area contributed by atoms with E-state index in [1.165, 1.54) is 12.8 Å². The molecule has 0 aromatic carbocycles. The molecule has 20 heavy (non-hydrogen) atoms. The third kappa shape index (κ3) is 1.95. The lowest BCUT2D eigenvalue weighted by Crippen LogP contribution is -2.53. The molecular weight excluding hydrogens is 276 g/mol. The number of carbonyl (C=O) groups excluding carboxylic acids is 1. The molecule has 5 nitrogen and oxygen atoms in total. The summed E-state index contributed by atoms with van der Waals surface area (Å²) < 4.78 is 0. The van der Waals surface area contributed by atoms with Crippen molar-refractivity contribution in [2.75, 3.05) is 10.2 Å². The van der Waals surface area contributed by atoms with Gasteiger partial charge in [-0.05, 0) is 43.2 Å². The van der Waals surface area contributed by atoms with Crippen molar-refractivity contribution in [3.8, 4) is 0 Å². The average Bonchev–Trinajstić information content (AvgIpc) is 3.12. The molecule has 1 atom stereocenters. The second-order valence-corrected chi connectivity index (χ2v) is 6.33. The van der Waals surface area contributed by atoms with E-state index in [2.05, 4.69) is 20.2 Å². The molecule has 0 bridgehead atoms. The Kier molecular flexibility index (Phi) is 2.84. The third-order valence-corrected chi connectivity index (χ3v) is 4.78. The summed E-state index contributed by atoms with van der Waals surface area (Å²) in [5, 5.41) is 3.20. The first-order chi connectivity index (χ1) is 9.74. The van der Waals surface area contributed by atoms with Crippen LogP contribution in [-0.2, 0) is 4.79 Å². The van der Waals surface area contributed by atoms with Gasteiger partial charge in [0.05, 0.1) is 6.20 Å². The van der Waals surface area contributed by atoms with Crippen LogP contribution < -0.4 is 10.2 Å². The first kappa shape index (κ1) is 12.4. The Morgan fingerprint density at radius 1 is 1.25 bits per heavy atom. The van der Waals surface area contributed by atoms with Crippen LogP contribution in [0.25, 0.3) is 0 Å². The van der Waals surface area contributed by atoms with Crippen molar-refractivity contribution in [3.05, 3.63) is 11.5 Å². The van der Waals surface area contributed by atoms with Gasteiger partial charge in [-0.3, -0.25) is 4.79 Å². The highest BCUT2D eigenvalue weighted by Gasteiger charge is 2.47. The third-order valence-electron chi connectivity index (χ3n) is 4.60. The fourth-order valence-electron chi connectivity index (χ4n) is 3.54. The van der Waals surface area contributed by atoms with E-state index in [0.717, 1.165) is 31.5 Å². The Morgan fingerprint density at radius 3 is 2.70 bits per heavy atom. The smallest absolute Gasteiger partial charge is 0.247 e. The molecule has 1 aromatic rings. The molecule has 106 valence electrons. The van der Waals surface area contributed by atoms with Gasteiger partial charge in [-0.2, -0.15) is 4.98 Å². The summed E-state index contributed by atoms with van der Waals surface area (Å²) in [6.45, 7) is 0. The number of halogens is 1. The van der Waals surface area contributed by atoms with Crippen LogP contribution in [0.2, 0.25) is 5.28 Å². The van der Waals surface area contributed by atoms with Gasteiger partial charge in [0.25, 0.3) is 0 Å². The van der Waals surface area contributed by atoms with Gasteiger partial charge in [-0.1, -0.05) is 12.8 Å². The SMILES string of the molecule is O=C1Nc2cnc(Cl)nc2N(C2CCCC2)[C@@H]1C1CC1. The largest absolute Gasteiger partial charge is 0.339 e. The average molecular weight is 293 g/mol. The monoisotopic (exact) mass is 292 g/mol. The van der Waals surface area contributed by atoms with Gasteiger partial charge in [0.1, 0.15) is 11.7 Å². The summed E-state index contributed by atoms with van der Waals surface area (Å²) in [7, 11) is 0. The van der Waals surface area contributed by atoms with Crippen LogP contribution in [-0.4, -0.2) is 28.0 Å². The maximum absolute atomic E-state index is 12.4. The topological polar surface area (TPSA) is 58.1 Å². The van der Waals surface area contributed by atoms with Crippen LogP contribution in [0, 0.1) is 5.92 Å². The van der Waals surface area contributed by atoms with E-state index in [4.69, 9.17) is 11.6 Å². The Morgan fingerprint density at radius 2 is 2.00 bits per heavy atom. The van der Waals surface area contributed by atoms with E-state index < -0.39 is 0 Å². The van der Waals surface area contributed by atoms with Gasteiger partial charge in [0.15, 0.2) is 5.82 Å². The standard InChI is InChI=1S/C14H17ClN4O/c15-14-16-7-10-12(18-14)19(9-3-1-2-4-9)11(8-5-6-8)13(20)17-10/h7-9,11H,1-6H2,(H,17,20)/t11-/m1/s1. The highest BCUT2D eigenvalue weighted by molar-refractivity contribution is 6.28. The molecule has 2 saturated carbocycles. The molecule has 2 fully saturated rings. The van der Waals surface area contributed by atoms with E-state index in [-0.39, 0.29) is 17.2 Å². The zero-order valence-electron chi connectivity index (χ0n) is 11.2. The van der Waals surface area contributed by atoms with E-state index >= 15 is 0 Å². The number of aromatic nitrogens is 2. The quantitative estimate of drug-likeness (QED) is 0.851. The summed E-state index contributed by atoms with van der Waals surface area (Å²) in [5.74, 6) is 1.38. The number of rotatable bonds is 2. The highest BCUT2D eigenvalue weighted by atomic mass is 35.5. The lowest BCUT2D eigenvalue weighted by Gasteiger charge is -2.41. The zero-order valence-corrected chi connectivity index (χ0v) is 11.9. The van der Waals surface area contributed by atoms with Crippen molar-refractivity contribution in [1.29, 1.82) is 0 Å². The predicted molar refractivity (Wildman–Crippen MR) is 76.9 cm³/mol. The molecule has 2 aliphatic carbocycles. The van der Waals surface area contributed by atoms with Gasteiger partial charge >= 0.3 is 0 Å². The number of hydrogen-bond donors (Lipinski definition) is 1. The first-order valence-corrected chi connectivity index (χ1v) is 7.73. The number of nitrogens with one attached hydrogen (secondary N) is 1.